The van der Waals surface area contributed by atoms with Crippen molar-refractivity contribution in [3.63, 3.8) is 0 Å². The van der Waals surface area contributed by atoms with Crippen LogP contribution in [0.15, 0.2) is 122 Å². The number of rotatable bonds is 15. The molecule has 13 heteroatoms. The van der Waals surface area contributed by atoms with Gasteiger partial charge >= 0.3 is 5.97 Å². The number of methoxy groups -OCH3 is 2. The van der Waals surface area contributed by atoms with Crippen molar-refractivity contribution in [1.29, 1.82) is 0 Å². The van der Waals surface area contributed by atoms with Crippen LogP contribution in [0.1, 0.15) is 44.5 Å². The molecule has 2 aliphatic heterocycles. The quantitative estimate of drug-likeness (QED) is 0.0918. The topological polar surface area (TPSA) is 162 Å². The van der Waals surface area contributed by atoms with Crippen LogP contribution in [0.25, 0.3) is 21.5 Å². The molecule has 0 atom stereocenters. The number of ether oxygens (including phenoxy) is 4. The van der Waals surface area contributed by atoms with Crippen LogP contribution in [0.2, 0.25) is 0 Å². The lowest BCUT2D eigenvalue weighted by atomic mass is 9.96. The number of hydrogen-bond acceptors (Lipinski definition) is 11. The largest absolute Gasteiger partial charge is 0.493 e. The number of nitrogens with one attached hydrogen (secondary N) is 1. The van der Waals surface area contributed by atoms with Gasteiger partial charge in [-0.2, -0.15) is 0 Å². The van der Waals surface area contributed by atoms with Crippen LogP contribution in [0, 0.1) is 11.8 Å². The van der Waals surface area contributed by atoms with E-state index in [-0.39, 0.29) is 25.2 Å². The zero-order valence-corrected chi connectivity index (χ0v) is 36.4. The van der Waals surface area contributed by atoms with E-state index in [1.807, 2.05) is 91.0 Å². The average molecular weight is 873 g/mol. The van der Waals surface area contributed by atoms with Crippen LogP contribution in [0.3, 0.4) is 0 Å². The van der Waals surface area contributed by atoms with Gasteiger partial charge in [-0.25, -0.2) is 0 Å². The zero-order chi connectivity index (χ0) is 44.2. The van der Waals surface area contributed by atoms with E-state index in [0.29, 0.717) is 26.3 Å². The molecule has 0 radical (unpaired) electrons. The number of benzene rings is 4. The number of carbonyl (C=O) groups excluding carboxylic acids is 1. The van der Waals surface area contributed by atoms with Gasteiger partial charge in [0, 0.05) is 48.7 Å². The minimum absolute atomic E-state index is 0. The minimum Gasteiger partial charge on any atom is -0.493 e. The van der Waals surface area contributed by atoms with Crippen LogP contribution in [-0.2, 0) is 22.7 Å². The summed E-state index contributed by atoms with van der Waals surface area (Å²) < 4.78 is 22.1. The molecule has 1 amide bonds. The average Bonchev–Trinajstić information content (AvgIpc) is 3.34. The molecular formula is C51H64N6O7. The molecule has 6 aromatic rings. The second-order valence-corrected chi connectivity index (χ2v) is 15.4. The summed E-state index contributed by atoms with van der Waals surface area (Å²) in [6, 6.07) is 35.5. The van der Waals surface area contributed by atoms with Crippen LogP contribution in [0.5, 0.6) is 23.0 Å². The van der Waals surface area contributed by atoms with Gasteiger partial charge in [-0.1, -0.05) is 80.2 Å². The monoisotopic (exact) mass is 872 g/mol. The fourth-order valence-corrected chi connectivity index (χ4v) is 7.85. The lowest BCUT2D eigenvalue weighted by molar-refractivity contribution is -0.143. The number of carbonyl (C=O) groups is 2. The first-order valence-electron chi connectivity index (χ1n) is 21.7. The maximum atomic E-state index is 12.7. The van der Waals surface area contributed by atoms with E-state index in [9.17, 15) is 9.59 Å². The van der Waals surface area contributed by atoms with Gasteiger partial charge in [0.1, 0.15) is 13.2 Å². The van der Waals surface area contributed by atoms with Crippen LogP contribution in [0.4, 0.5) is 0 Å². The minimum atomic E-state index is -0.671. The molecule has 2 fully saturated rings. The van der Waals surface area contributed by atoms with Crippen molar-refractivity contribution in [2.75, 3.05) is 66.7 Å². The third-order valence-corrected chi connectivity index (χ3v) is 11.5. The number of aromatic nitrogens is 2. The second kappa shape index (κ2) is 25.7. The van der Waals surface area contributed by atoms with Gasteiger partial charge in [-0.15, -0.1) is 0 Å². The molecule has 4 N–H and O–H groups in total. The molecule has 0 bridgehead atoms. The summed E-state index contributed by atoms with van der Waals surface area (Å²) in [5.74, 6) is 2.32. The Labute approximate surface area is 377 Å². The number of carboxylic acids is 1. The molecule has 4 aromatic carbocycles. The number of nitrogens with two attached hydrogens (primary N) is 1. The van der Waals surface area contributed by atoms with E-state index in [4.69, 9.17) is 29.8 Å². The molecular weight excluding hydrogens is 809 g/mol. The number of hydrogen-bond donors (Lipinski definition) is 3. The molecule has 340 valence electrons. The van der Waals surface area contributed by atoms with Gasteiger partial charge in [-0.05, 0) is 99.0 Å². The normalized spacial score (nSPS) is 14.5. The number of carboxylic acid groups (broad SMARTS) is 1. The number of fused-ring (bicyclic) bond motifs is 2. The van der Waals surface area contributed by atoms with Gasteiger partial charge in [0.15, 0.2) is 23.0 Å². The van der Waals surface area contributed by atoms with E-state index in [2.05, 4.69) is 43.3 Å². The van der Waals surface area contributed by atoms with E-state index in [0.717, 1.165) is 115 Å². The number of aliphatic carboxylic acids is 1. The van der Waals surface area contributed by atoms with Gasteiger partial charge in [0.25, 0.3) is 0 Å². The number of nitrogens with zero attached hydrogens (tertiary/aromatic N) is 4. The summed E-state index contributed by atoms with van der Waals surface area (Å²) in [5.41, 5.74) is 7.43. The molecule has 13 nitrogen and oxygen atoms in total. The van der Waals surface area contributed by atoms with E-state index >= 15 is 0 Å². The molecule has 64 heavy (non-hydrogen) atoms. The van der Waals surface area contributed by atoms with Crippen LogP contribution >= 0.6 is 0 Å². The van der Waals surface area contributed by atoms with E-state index in [1.165, 1.54) is 5.39 Å². The standard InChI is InChI=1S/C25H29N3O3.C15H21NO4.C10H10N2.CH4/c1-30-23-8-4-5-9-24(23)31-17-16-28-14-11-20(12-15-28)25(29)27-18-22-21-7-3-2-6-19(21)10-13-26-22;1-19-13-4-2-3-5-14(13)20-11-10-16-8-6-12(7-9-16)15(17)18;11-7-10-9-4-2-1-3-8(9)5-6-12-10;/h2-10,13,20H,11-12,14-18H2,1H3,(H,27,29);2-5,12H,6-11H2,1H3,(H,17,18);1-6H,7,11H2;1H4. The van der Waals surface area contributed by atoms with Crippen molar-refractivity contribution in [2.24, 2.45) is 17.6 Å². The fraction of sp³-hybridized carbons (Fsp3) is 0.373. The number of likely N-dealkylation sites (tertiary alicyclic amines) is 2. The maximum Gasteiger partial charge on any atom is 0.306 e. The summed E-state index contributed by atoms with van der Waals surface area (Å²) in [4.78, 5) is 36.8. The van der Waals surface area contributed by atoms with Crippen molar-refractivity contribution < 1.29 is 33.6 Å². The molecule has 0 spiro atoms. The molecule has 4 heterocycles. The third kappa shape index (κ3) is 14.1. The molecule has 8 rings (SSSR count). The second-order valence-electron chi connectivity index (χ2n) is 15.4. The van der Waals surface area contributed by atoms with Crippen LogP contribution < -0.4 is 30.0 Å². The number of piperidine rings is 2. The van der Waals surface area contributed by atoms with Crippen molar-refractivity contribution in [3.8, 4) is 23.0 Å². The summed E-state index contributed by atoms with van der Waals surface area (Å²) >= 11 is 0. The Bertz CT molecular complexity index is 2340. The molecule has 2 aromatic heterocycles. The lowest BCUT2D eigenvalue weighted by Gasteiger charge is -2.31. The Balaban J connectivity index is 0.000000199. The van der Waals surface area contributed by atoms with Crippen LogP contribution in [-0.4, -0.2) is 103 Å². The predicted molar refractivity (Wildman–Crippen MR) is 253 cm³/mol. The first-order valence-corrected chi connectivity index (χ1v) is 21.7. The fourth-order valence-electron chi connectivity index (χ4n) is 7.85. The Hall–Kier alpha value is -6.28. The lowest BCUT2D eigenvalue weighted by Crippen LogP contribution is -2.41. The Kier molecular flexibility index (Phi) is 19.6. The zero-order valence-electron chi connectivity index (χ0n) is 36.4. The smallest absolute Gasteiger partial charge is 0.306 e. The molecule has 2 aliphatic rings. The van der Waals surface area contributed by atoms with E-state index < -0.39 is 5.97 Å². The molecule has 0 aliphatic carbocycles. The summed E-state index contributed by atoms with van der Waals surface area (Å²) in [6.07, 6.45) is 6.78. The Morgan fingerprint density at radius 1 is 0.625 bits per heavy atom. The predicted octanol–water partition coefficient (Wildman–Crippen LogP) is 7.85. The maximum absolute atomic E-state index is 12.7. The van der Waals surface area contributed by atoms with E-state index in [1.54, 1.807) is 26.6 Å². The summed E-state index contributed by atoms with van der Waals surface area (Å²) in [6.45, 7) is 7.26. The molecule has 0 saturated carbocycles. The van der Waals surface area contributed by atoms with Gasteiger partial charge in [-0.3, -0.25) is 29.4 Å². The highest BCUT2D eigenvalue weighted by Gasteiger charge is 2.26. The van der Waals surface area contributed by atoms with Crippen molar-refractivity contribution in [3.05, 3.63) is 133 Å². The van der Waals surface area contributed by atoms with Crippen molar-refractivity contribution >= 4 is 33.4 Å². The highest BCUT2D eigenvalue weighted by molar-refractivity contribution is 5.85. The van der Waals surface area contributed by atoms with Crippen molar-refractivity contribution in [2.45, 2.75) is 46.2 Å². The molecule has 0 unspecified atom stereocenters. The number of pyridine rings is 2. The molecule has 2 saturated heterocycles. The highest BCUT2D eigenvalue weighted by atomic mass is 16.5. The SMILES string of the molecule is C.COc1ccccc1OCCN1CCC(C(=O)NCc2nccc3ccccc23)CC1.COc1ccccc1OCCN1CCC(C(=O)O)CC1.NCc1nccc2ccccc12. The van der Waals surface area contributed by atoms with Gasteiger partial charge in [0.2, 0.25) is 5.91 Å². The Morgan fingerprint density at radius 3 is 1.52 bits per heavy atom. The van der Waals surface area contributed by atoms with Gasteiger partial charge < -0.3 is 35.1 Å². The first kappa shape index (κ1) is 48.7. The highest BCUT2D eigenvalue weighted by Crippen LogP contribution is 2.27. The third-order valence-electron chi connectivity index (χ3n) is 11.5. The first-order chi connectivity index (χ1) is 30.9. The van der Waals surface area contributed by atoms with Crippen molar-refractivity contribution in [1.82, 2.24) is 25.1 Å². The van der Waals surface area contributed by atoms with Gasteiger partial charge in [0.05, 0.1) is 38.1 Å². The summed E-state index contributed by atoms with van der Waals surface area (Å²) in [7, 11) is 3.27. The number of amides is 1. The number of para-hydroxylation sites is 4. The summed E-state index contributed by atoms with van der Waals surface area (Å²) in [5, 5.41) is 16.6. The Morgan fingerprint density at radius 2 is 1.05 bits per heavy atom.